The average molecular weight is 223 g/mol. The highest BCUT2D eigenvalue weighted by Crippen LogP contribution is 2.06. The predicted octanol–water partition coefficient (Wildman–Crippen LogP) is 1.30. The summed E-state index contributed by atoms with van der Waals surface area (Å²) in [6.07, 6.45) is 7.69. The molecule has 1 aliphatic rings. The number of rotatable bonds is 5. The molecular formula is C13H25N3. The van der Waals surface area contributed by atoms with Crippen LogP contribution in [-0.2, 0) is 0 Å². The predicted molar refractivity (Wildman–Crippen MR) is 70.5 cm³/mol. The molecule has 0 aromatic carbocycles. The van der Waals surface area contributed by atoms with Gasteiger partial charge in [-0.15, -0.1) is 0 Å². The molecule has 0 amide bonds. The van der Waals surface area contributed by atoms with Crippen molar-refractivity contribution in [2.75, 3.05) is 46.8 Å². The molecule has 1 aliphatic heterocycles. The zero-order chi connectivity index (χ0) is 11.8. The molecule has 1 heterocycles. The van der Waals surface area contributed by atoms with Crippen LogP contribution in [0.5, 0.6) is 0 Å². The van der Waals surface area contributed by atoms with Crippen molar-refractivity contribution >= 4 is 0 Å². The van der Waals surface area contributed by atoms with E-state index in [9.17, 15) is 0 Å². The number of hydrogen-bond acceptors (Lipinski definition) is 3. The summed E-state index contributed by atoms with van der Waals surface area (Å²) in [7, 11) is 4.11. The van der Waals surface area contributed by atoms with E-state index in [0.29, 0.717) is 0 Å². The summed E-state index contributed by atoms with van der Waals surface area (Å²) < 4.78 is 0. The van der Waals surface area contributed by atoms with Crippen molar-refractivity contribution < 1.29 is 0 Å². The Morgan fingerprint density at radius 2 is 2.00 bits per heavy atom. The largest absolute Gasteiger partial charge is 0.383 e. The maximum absolute atomic E-state index is 3.38. The molecule has 16 heavy (non-hydrogen) atoms. The van der Waals surface area contributed by atoms with E-state index in [0.717, 1.165) is 19.5 Å². The van der Waals surface area contributed by atoms with E-state index in [-0.39, 0.29) is 0 Å². The van der Waals surface area contributed by atoms with Crippen molar-refractivity contribution in [1.29, 1.82) is 0 Å². The lowest BCUT2D eigenvalue weighted by molar-refractivity contribution is 0.244. The van der Waals surface area contributed by atoms with Gasteiger partial charge in [-0.1, -0.05) is 6.08 Å². The molecule has 1 N–H and O–H groups in total. The first kappa shape index (κ1) is 13.3. The molecule has 0 aromatic rings. The van der Waals surface area contributed by atoms with Crippen LogP contribution in [0.15, 0.2) is 23.9 Å². The molecular weight excluding hydrogens is 198 g/mol. The Bertz CT molecular complexity index is 238. The van der Waals surface area contributed by atoms with Crippen LogP contribution >= 0.6 is 0 Å². The first-order valence-corrected chi connectivity index (χ1v) is 6.15. The fraction of sp³-hybridized carbons (Fsp3) is 0.692. The van der Waals surface area contributed by atoms with Gasteiger partial charge in [0.25, 0.3) is 0 Å². The normalized spacial score (nSPS) is 19.3. The number of nitrogens with one attached hydrogen (secondary N) is 1. The minimum Gasteiger partial charge on any atom is -0.383 e. The number of allylic oxidation sites excluding steroid dienone is 2. The summed E-state index contributed by atoms with van der Waals surface area (Å²) in [6, 6.07) is 0. The van der Waals surface area contributed by atoms with E-state index in [1.54, 1.807) is 0 Å². The van der Waals surface area contributed by atoms with Gasteiger partial charge in [-0.2, -0.15) is 0 Å². The molecule has 0 unspecified atom stereocenters. The Hall–Kier alpha value is -0.800. The molecule has 0 saturated carbocycles. The summed E-state index contributed by atoms with van der Waals surface area (Å²) in [5, 5.41) is 3.38. The van der Waals surface area contributed by atoms with E-state index >= 15 is 0 Å². The maximum atomic E-state index is 3.38. The third-order valence-corrected chi connectivity index (χ3v) is 2.88. The number of nitrogens with zero attached hydrogens (tertiary/aromatic N) is 2. The zero-order valence-electron chi connectivity index (χ0n) is 10.9. The van der Waals surface area contributed by atoms with Crippen LogP contribution in [-0.4, -0.2) is 56.6 Å². The Balaban J connectivity index is 2.28. The van der Waals surface area contributed by atoms with Gasteiger partial charge in [0.2, 0.25) is 0 Å². The fourth-order valence-electron chi connectivity index (χ4n) is 1.79. The van der Waals surface area contributed by atoms with Crippen LogP contribution in [0.4, 0.5) is 0 Å². The molecule has 0 aromatic heterocycles. The lowest BCUT2D eigenvalue weighted by Gasteiger charge is -2.27. The van der Waals surface area contributed by atoms with Crippen molar-refractivity contribution in [3.63, 3.8) is 0 Å². The van der Waals surface area contributed by atoms with Crippen molar-refractivity contribution in [2.45, 2.75) is 13.3 Å². The summed E-state index contributed by atoms with van der Waals surface area (Å²) >= 11 is 0. The van der Waals surface area contributed by atoms with Crippen molar-refractivity contribution in [3.8, 4) is 0 Å². The first-order valence-electron chi connectivity index (χ1n) is 6.15. The van der Waals surface area contributed by atoms with Crippen molar-refractivity contribution in [3.05, 3.63) is 23.9 Å². The van der Waals surface area contributed by atoms with Crippen molar-refractivity contribution in [2.24, 2.45) is 0 Å². The average Bonchev–Trinajstić information content (AvgIpc) is 2.30. The maximum Gasteiger partial charge on any atom is 0.0108 e. The lowest BCUT2D eigenvalue weighted by Crippen LogP contribution is -2.43. The highest BCUT2D eigenvalue weighted by atomic mass is 15.2. The lowest BCUT2D eigenvalue weighted by atomic mass is 10.1. The summed E-state index contributed by atoms with van der Waals surface area (Å²) in [4.78, 5) is 4.61. The second kappa shape index (κ2) is 7.47. The fourth-order valence-corrected chi connectivity index (χ4v) is 1.79. The molecule has 3 heteroatoms. The third kappa shape index (κ3) is 5.33. The van der Waals surface area contributed by atoms with E-state index in [1.807, 2.05) is 0 Å². The van der Waals surface area contributed by atoms with Gasteiger partial charge in [0.05, 0.1) is 0 Å². The molecule has 3 nitrogen and oxygen atoms in total. The molecule has 0 bridgehead atoms. The number of hydrogen-bond donors (Lipinski definition) is 1. The summed E-state index contributed by atoms with van der Waals surface area (Å²) in [6.45, 7) is 7.95. The van der Waals surface area contributed by atoms with Gasteiger partial charge in [-0.25, -0.2) is 0 Å². The topological polar surface area (TPSA) is 18.5 Å². The molecule has 0 radical (unpaired) electrons. The molecule has 0 spiro atoms. The van der Waals surface area contributed by atoms with Gasteiger partial charge in [0, 0.05) is 46.8 Å². The van der Waals surface area contributed by atoms with Gasteiger partial charge in [0.1, 0.15) is 0 Å². The highest BCUT2D eigenvalue weighted by molar-refractivity contribution is 5.17. The Morgan fingerprint density at radius 1 is 1.31 bits per heavy atom. The molecule has 0 aliphatic carbocycles. The van der Waals surface area contributed by atoms with Gasteiger partial charge >= 0.3 is 0 Å². The van der Waals surface area contributed by atoms with Crippen molar-refractivity contribution in [1.82, 2.24) is 15.1 Å². The minimum atomic E-state index is 1.14. The minimum absolute atomic E-state index is 1.14. The first-order chi connectivity index (χ1) is 7.72. The van der Waals surface area contributed by atoms with Gasteiger partial charge in [-0.05, 0) is 31.2 Å². The second-order valence-corrected chi connectivity index (χ2v) is 4.48. The quantitative estimate of drug-likeness (QED) is 0.709. The van der Waals surface area contributed by atoms with Gasteiger partial charge < -0.3 is 15.1 Å². The zero-order valence-corrected chi connectivity index (χ0v) is 10.9. The van der Waals surface area contributed by atoms with E-state index < -0.39 is 0 Å². The third-order valence-electron chi connectivity index (χ3n) is 2.88. The Labute approximate surface area is 99.8 Å². The summed E-state index contributed by atoms with van der Waals surface area (Å²) in [5.41, 5.74) is 1.42. The monoisotopic (exact) mass is 223 g/mol. The summed E-state index contributed by atoms with van der Waals surface area (Å²) in [5.74, 6) is 0. The van der Waals surface area contributed by atoms with E-state index in [4.69, 9.17) is 0 Å². The Kier molecular flexibility index (Phi) is 6.19. The van der Waals surface area contributed by atoms with Crippen LogP contribution in [0.3, 0.4) is 0 Å². The molecule has 1 saturated heterocycles. The Morgan fingerprint density at radius 3 is 2.56 bits per heavy atom. The van der Waals surface area contributed by atoms with E-state index in [1.165, 1.54) is 25.2 Å². The molecule has 1 fully saturated rings. The van der Waals surface area contributed by atoms with Crippen LogP contribution in [0.2, 0.25) is 0 Å². The van der Waals surface area contributed by atoms with Crippen LogP contribution in [0.1, 0.15) is 13.3 Å². The SMILES string of the molecule is C/C=C(\C=C/N(C)C)CCN1CCNCC1. The van der Waals surface area contributed by atoms with Gasteiger partial charge in [0.15, 0.2) is 0 Å². The molecule has 92 valence electrons. The highest BCUT2D eigenvalue weighted by Gasteiger charge is 2.08. The van der Waals surface area contributed by atoms with Crippen LogP contribution in [0.25, 0.3) is 0 Å². The standard InChI is InChI=1S/C13H25N3/c1-4-13(5-9-15(2)3)6-10-16-11-7-14-8-12-16/h4-5,9,14H,6-8,10-12H2,1-3H3/b9-5-,13-4+. The molecule has 0 atom stereocenters. The van der Waals surface area contributed by atoms with Crippen LogP contribution in [0, 0.1) is 0 Å². The molecule has 1 rings (SSSR count). The number of piperazine rings is 1. The van der Waals surface area contributed by atoms with Gasteiger partial charge in [-0.3, -0.25) is 0 Å². The van der Waals surface area contributed by atoms with E-state index in [2.05, 4.69) is 54.5 Å². The van der Waals surface area contributed by atoms with Crippen LogP contribution < -0.4 is 5.32 Å². The second-order valence-electron chi connectivity index (χ2n) is 4.48. The smallest absolute Gasteiger partial charge is 0.0108 e.